The summed E-state index contributed by atoms with van der Waals surface area (Å²) < 4.78 is 10.6. The molecule has 0 radical (unpaired) electrons. The van der Waals surface area contributed by atoms with Crippen molar-refractivity contribution in [2.24, 2.45) is 11.8 Å². The number of fused-ring (bicyclic) bond motifs is 2. The summed E-state index contributed by atoms with van der Waals surface area (Å²) in [6.45, 7) is 9.69. The number of piperidine rings is 2. The number of likely N-dealkylation sites (tertiary alicyclic amines) is 2. The number of hydrogen-bond donors (Lipinski definition) is 1. The summed E-state index contributed by atoms with van der Waals surface area (Å²) in [4.78, 5) is 136. The van der Waals surface area contributed by atoms with E-state index in [1.165, 1.54) is 9.80 Å². The lowest BCUT2D eigenvalue weighted by atomic mass is 9.78. The van der Waals surface area contributed by atoms with E-state index in [1.807, 2.05) is 0 Å². The van der Waals surface area contributed by atoms with Crippen molar-refractivity contribution in [1.82, 2.24) is 19.6 Å². The first kappa shape index (κ1) is 43.8. The number of carbonyl (C=O) groups is 10. The number of benzene rings is 2. The van der Waals surface area contributed by atoms with Crippen LogP contribution in [0.15, 0.2) is 36.4 Å². The van der Waals surface area contributed by atoms with Crippen LogP contribution in [0.25, 0.3) is 0 Å². The van der Waals surface area contributed by atoms with Gasteiger partial charge in [0.25, 0.3) is 23.6 Å². The predicted octanol–water partition coefficient (Wildman–Crippen LogP) is 5.06. The molecule has 17 heteroatoms. The number of ether oxygens (including phenoxy) is 2. The van der Waals surface area contributed by atoms with Crippen molar-refractivity contribution >= 4 is 65.0 Å². The maximum absolute atomic E-state index is 13.7. The van der Waals surface area contributed by atoms with Gasteiger partial charge in [-0.3, -0.25) is 38.4 Å². The van der Waals surface area contributed by atoms with Gasteiger partial charge in [-0.1, -0.05) is 18.2 Å². The molecule has 7 rings (SSSR count). The molecule has 9 amide bonds. The van der Waals surface area contributed by atoms with Crippen molar-refractivity contribution < 1.29 is 57.4 Å². The lowest BCUT2D eigenvalue weighted by molar-refractivity contribution is -0.152. The topological polar surface area (TPSA) is 214 Å². The zero-order chi connectivity index (χ0) is 45.0. The third-order valence-electron chi connectivity index (χ3n) is 11.9. The summed E-state index contributed by atoms with van der Waals surface area (Å²) in [5.41, 5.74) is 0.920. The molecule has 1 saturated carbocycles. The first-order chi connectivity index (χ1) is 29.1. The Labute approximate surface area is 358 Å². The van der Waals surface area contributed by atoms with E-state index in [0.29, 0.717) is 69.0 Å². The lowest BCUT2D eigenvalue weighted by Crippen LogP contribution is -2.57. The van der Waals surface area contributed by atoms with Crippen molar-refractivity contribution in [1.29, 1.82) is 0 Å². The highest BCUT2D eigenvalue weighted by molar-refractivity contribution is 6.15. The van der Waals surface area contributed by atoms with Crippen molar-refractivity contribution in [2.45, 2.75) is 136 Å². The van der Waals surface area contributed by atoms with Crippen LogP contribution in [-0.2, 0) is 57.8 Å². The van der Waals surface area contributed by atoms with E-state index in [0.717, 1.165) is 0 Å². The van der Waals surface area contributed by atoms with E-state index in [1.54, 1.807) is 77.9 Å². The predicted molar refractivity (Wildman–Crippen MR) is 218 cm³/mol. The number of rotatable bonds is 7. The number of carbonyl (C=O) groups excluding carboxylic acids is 10. The monoisotopic (exact) mass is 853 g/mol. The highest BCUT2D eigenvalue weighted by Crippen LogP contribution is 2.37. The Kier molecular flexibility index (Phi) is 11.7. The summed E-state index contributed by atoms with van der Waals surface area (Å²) in [5, 5.41) is 2.96. The lowest BCUT2D eigenvalue weighted by Gasteiger charge is -2.35. The van der Waals surface area contributed by atoms with E-state index in [-0.39, 0.29) is 62.8 Å². The number of hydrogen-bond acceptors (Lipinski definition) is 12. The second-order valence-electron chi connectivity index (χ2n) is 18.5. The minimum atomic E-state index is -1.10. The molecule has 328 valence electrons. The Bertz CT molecular complexity index is 2140. The highest BCUT2D eigenvalue weighted by Gasteiger charge is 2.48. The molecule has 4 aliphatic heterocycles. The molecular formula is C45H51N5O12. The Morgan fingerprint density at radius 3 is 1.56 bits per heavy atom. The van der Waals surface area contributed by atoms with Gasteiger partial charge in [-0.05, 0) is 109 Å². The van der Waals surface area contributed by atoms with Crippen LogP contribution >= 0.6 is 0 Å². The number of Topliss-reactive ketones (excluding diaryl/α,β-unsaturated/α-hetero) is 1. The van der Waals surface area contributed by atoms with Crippen molar-refractivity contribution in [2.75, 3.05) is 5.32 Å². The standard InChI is InChI=1S/C45H51N5O12/c1-44(2,3)61-42(59)49-35(52)19-17-32(40(49)57)47-22-29-26(9-7-10-27(29)38(47)55)21-34(51)24-13-15-25(16-14-24)37(54)46-31-12-8-11-28-30(31)23-48(39(28)56)33-18-20-36(53)50(41(33)58)43(60)62-45(4,5)6/h7-12,24-25,32-33H,13-23H2,1-6H3,(H,46,54). The van der Waals surface area contributed by atoms with Gasteiger partial charge in [0, 0.05) is 66.6 Å². The van der Waals surface area contributed by atoms with Crippen molar-refractivity contribution in [3.8, 4) is 0 Å². The molecule has 62 heavy (non-hydrogen) atoms. The van der Waals surface area contributed by atoms with Gasteiger partial charge >= 0.3 is 12.2 Å². The SMILES string of the molecule is CC(C)(C)OC(=O)N1C(=O)CCC(N2Cc3c(CC(=O)C4CCC(C(=O)Nc5cccc6c5CN(C5CCC(=O)N(C(=O)OC(C)(C)C)C5=O)C6=O)CC4)cccc3C2=O)C1=O. The van der Waals surface area contributed by atoms with Crippen LogP contribution in [0.2, 0.25) is 0 Å². The molecule has 2 aromatic carbocycles. The van der Waals surface area contributed by atoms with Gasteiger partial charge in [0.05, 0.1) is 0 Å². The van der Waals surface area contributed by atoms with Gasteiger partial charge in [-0.25, -0.2) is 9.59 Å². The highest BCUT2D eigenvalue weighted by atomic mass is 16.6. The van der Waals surface area contributed by atoms with Gasteiger partial charge in [-0.15, -0.1) is 0 Å². The van der Waals surface area contributed by atoms with E-state index in [2.05, 4.69) is 5.32 Å². The molecule has 2 atom stereocenters. The van der Waals surface area contributed by atoms with Crippen molar-refractivity contribution in [3.05, 3.63) is 64.2 Å². The fraction of sp³-hybridized carbons (Fsp3) is 0.511. The molecule has 4 heterocycles. The summed E-state index contributed by atoms with van der Waals surface area (Å²) in [7, 11) is 0. The molecule has 1 aliphatic carbocycles. The average Bonchev–Trinajstić information content (AvgIpc) is 3.70. The number of anilines is 1. The molecular weight excluding hydrogens is 803 g/mol. The normalized spacial score (nSPS) is 23.1. The first-order valence-corrected chi connectivity index (χ1v) is 21.0. The number of imide groups is 6. The van der Waals surface area contributed by atoms with E-state index in [9.17, 15) is 47.9 Å². The van der Waals surface area contributed by atoms with Gasteiger partial charge in [0.2, 0.25) is 17.7 Å². The molecule has 2 saturated heterocycles. The van der Waals surface area contributed by atoms with E-state index in [4.69, 9.17) is 9.47 Å². The Morgan fingerprint density at radius 1 is 0.613 bits per heavy atom. The average molecular weight is 854 g/mol. The van der Waals surface area contributed by atoms with Crippen LogP contribution < -0.4 is 5.32 Å². The van der Waals surface area contributed by atoms with Crippen molar-refractivity contribution in [3.63, 3.8) is 0 Å². The number of ketones is 1. The zero-order valence-electron chi connectivity index (χ0n) is 35.7. The third-order valence-corrected chi connectivity index (χ3v) is 11.9. The first-order valence-electron chi connectivity index (χ1n) is 21.0. The summed E-state index contributed by atoms with van der Waals surface area (Å²) in [6, 6.07) is 7.84. The Hall–Kier alpha value is -6.26. The summed E-state index contributed by atoms with van der Waals surface area (Å²) >= 11 is 0. The number of amides is 9. The van der Waals surface area contributed by atoms with Crippen LogP contribution in [0.3, 0.4) is 0 Å². The molecule has 2 aromatic rings. The smallest absolute Gasteiger partial charge is 0.424 e. The van der Waals surface area contributed by atoms with Crippen LogP contribution in [0.4, 0.5) is 15.3 Å². The Balaban J connectivity index is 0.951. The van der Waals surface area contributed by atoms with E-state index >= 15 is 0 Å². The molecule has 0 aromatic heterocycles. The van der Waals surface area contributed by atoms with Gasteiger partial charge in [-0.2, -0.15) is 9.80 Å². The van der Waals surface area contributed by atoms with Crippen LogP contribution in [0, 0.1) is 11.8 Å². The molecule has 3 fully saturated rings. The molecule has 17 nitrogen and oxygen atoms in total. The maximum Gasteiger partial charge on any atom is 0.424 e. The van der Waals surface area contributed by atoms with Crippen LogP contribution in [0.1, 0.15) is 130 Å². The fourth-order valence-electron chi connectivity index (χ4n) is 8.92. The van der Waals surface area contributed by atoms with E-state index < -0.39 is 76.8 Å². The molecule has 2 unspecified atom stereocenters. The second-order valence-corrected chi connectivity index (χ2v) is 18.5. The van der Waals surface area contributed by atoms with Gasteiger partial charge in [0.15, 0.2) is 0 Å². The quantitative estimate of drug-likeness (QED) is 0.362. The zero-order valence-corrected chi connectivity index (χ0v) is 35.7. The third kappa shape index (κ3) is 8.61. The van der Waals surface area contributed by atoms with Gasteiger partial charge in [0.1, 0.15) is 29.1 Å². The summed E-state index contributed by atoms with van der Waals surface area (Å²) in [6.07, 6.45) is -0.545. The number of nitrogens with zero attached hydrogens (tertiary/aromatic N) is 4. The minimum absolute atomic E-state index is 0.0215. The van der Waals surface area contributed by atoms with Crippen LogP contribution in [0.5, 0.6) is 0 Å². The summed E-state index contributed by atoms with van der Waals surface area (Å²) in [5.74, 6) is -5.01. The fourth-order valence-corrected chi connectivity index (χ4v) is 8.92. The maximum atomic E-state index is 13.7. The largest absolute Gasteiger partial charge is 0.443 e. The molecule has 0 bridgehead atoms. The molecule has 0 spiro atoms. The molecule has 1 N–H and O–H groups in total. The molecule has 5 aliphatic rings. The van der Waals surface area contributed by atoms with Crippen LogP contribution in [-0.4, -0.2) is 102 Å². The minimum Gasteiger partial charge on any atom is -0.443 e. The number of nitrogens with one attached hydrogen (secondary N) is 1. The van der Waals surface area contributed by atoms with Gasteiger partial charge < -0.3 is 24.6 Å². The Morgan fingerprint density at radius 2 is 1.06 bits per heavy atom. The second kappa shape index (κ2) is 16.5.